The summed E-state index contributed by atoms with van der Waals surface area (Å²) in [6.45, 7) is 14.9. The lowest BCUT2D eigenvalue weighted by Crippen LogP contribution is -2.54. The molecular weight excluding hydrogens is 468 g/mol. The molecular formula is C26H42N2O8. The van der Waals surface area contributed by atoms with Crippen LogP contribution in [-0.4, -0.2) is 60.9 Å². The lowest BCUT2D eigenvalue weighted by atomic mass is 9.96. The summed E-state index contributed by atoms with van der Waals surface area (Å²) in [5.74, 6) is -2.30. The van der Waals surface area contributed by atoms with Crippen molar-refractivity contribution in [2.45, 2.75) is 87.2 Å². The number of hydrogen-bond acceptors (Lipinski definition) is 9. The molecule has 204 valence electrons. The molecule has 0 spiro atoms. The minimum absolute atomic E-state index is 0.267. The Labute approximate surface area is 214 Å². The van der Waals surface area contributed by atoms with Gasteiger partial charge in [0.15, 0.2) is 6.10 Å². The molecule has 0 aromatic carbocycles. The molecule has 0 fully saturated rings. The Hall–Kier alpha value is -2.88. The summed E-state index contributed by atoms with van der Waals surface area (Å²) in [6, 6.07) is 0. The van der Waals surface area contributed by atoms with Crippen LogP contribution in [0.3, 0.4) is 0 Å². The number of nitrogens with two attached hydrogens (primary N) is 1. The smallest absolute Gasteiger partial charge is 0.313 e. The summed E-state index contributed by atoms with van der Waals surface area (Å²) in [5, 5.41) is 0. The number of methoxy groups -OCH3 is 1. The van der Waals surface area contributed by atoms with Gasteiger partial charge in [0.2, 0.25) is 12.1 Å². The fraction of sp³-hybridized carbons (Fsp3) is 0.692. The number of esters is 3. The lowest BCUT2D eigenvalue weighted by molar-refractivity contribution is -0.205. The molecule has 1 rings (SSSR count). The topological polar surface area (TPSA) is 134 Å². The average Bonchev–Trinajstić information content (AvgIpc) is 2.74. The van der Waals surface area contributed by atoms with E-state index in [1.54, 1.807) is 74.6 Å². The van der Waals surface area contributed by atoms with Gasteiger partial charge in [-0.1, -0.05) is 6.08 Å². The summed E-state index contributed by atoms with van der Waals surface area (Å²) in [7, 11) is 1.37. The fourth-order valence-corrected chi connectivity index (χ4v) is 2.77. The average molecular weight is 511 g/mol. The Morgan fingerprint density at radius 3 is 1.83 bits per heavy atom. The Bertz CT molecular complexity index is 887. The first-order valence-corrected chi connectivity index (χ1v) is 11.9. The SMILES string of the molecule is CO[C@H](COC(=O)C(C)(C)C)[C@@H](OC(=O)C(C)(C)C)[C@@H](OC(=O)C(C)(C)C)N1C=CCC(C(N)=O)=C1. The highest BCUT2D eigenvalue weighted by atomic mass is 16.6. The molecule has 1 aliphatic heterocycles. The number of allylic oxidation sites excluding steroid dienone is 1. The highest BCUT2D eigenvalue weighted by molar-refractivity contribution is 5.92. The van der Waals surface area contributed by atoms with Crippen LogP contribution in [0.5, 0.6) is 0 Å². The molecule has 36 heavy (non-hydrogen) atoms. The minimum atomic E-state index is -1.26. The van der Waals surface area contributed by atoms with E-state index in [0.717, 1.165) is 0 Å². The molecule has 1 aliphatic rings. The number of rotatable bonds is 9. The van der Waals surface area contributed by atoms with Crippen LogP contribution in [-0.2, 0) is 38.1 Å². The maximum absolute atomic E-state index is 13.0. The molecule has 1 amide bonds. The zero-order valence-corrected chi connectivity index (χ0v) is 23.2. The van der Waals surface area contributed by atoms with E-state index < -0.39 is 58.5 Å². The van der Waals surface area contributed by atoms with Crippen LogP contribution in [0.25, 0.3) is 0 Å². The molecule has 10 nitrogen and oxygen atoms in total. The van der Waals surface area contributed by atoms with Gasteiger partial charge in [-0.2, -0.15) is 0 Å². The monoisotopic (exact) mass is 510 g/mol. The van der Waals surface area contributed by atoms with Crippen LogP contribution in [0.2, 0.25) is 0 Å². The van der Waals surface area contributed by atoms with Crippen molar-refractivity contribution in [3.63, 3.8) is 0 Å². The molecule has 10 heteroatoms. The van der Waals surface area contributed by atoms with Gasteiger partial charge in [0.25, 0.3) is 0 Å². The number of ether oxygens (including phenoxy) is 4. The molecule has 0 aromatic heterocycles. The van der Waals surface area contributed by atoms with Crippen LogP contribution >= 0.6 is 0 Å². The molecule has 0 aliphatic carbocycles. The maximum Gasteiger partial charge on any atom is 0.313 e. The Morgan fingerprint density at radius 1 is 0.889 bits per heavy atom. The van der Waals surface area contributed by atoms with Gasteiger partial charge in [0, 0.05) is 25.1 Å². The van der Waals surface area contributed by atoms with Crippen molar-refractivity contribution in [3.8, 4) is 0 Å². The predicted octanol–water partition coefficient (Wildman–Crippen LogP) is 3.05. The largest absolute Gasteiger partial charge is 0.462 e. The number of primary amides is 1. The van der Waals surface area contributed by atoms with Gasteiger partial charge in [-0.3, -0.25) is 19.2 Å². The molecule has 0 saturated heterocycles. The number of carbonyl (C=O) groups is 4. The number of hydrogen-bond donors (Lipinski definition) is 1. The van der Waals surface area contributed by atoms with Gasteiger partial charge in [0.1, 0.15) is 12.7 Å². The van der Waals surface area contributed by atoms with E-state index in [1.807, 2.05) is 0 Å². The second-order valence-corrected chi connectivity index (χ2v) is 11.8. The van der Waals surface area contributed by atoms with E-state index in [-0.39, 0.29) is 18.6 Å². The number of amides is 1. The highest BCUT2D eigenvalue weighted by Crippen LogP contribution is 2.28. The lowest BCUT2D eigenvalue weighted by Gasteiger charge is -2.39. The second-order valence-electron chi connectivity index (χ2n) is 11.8. The van der Waals surface area contributed by atoms with Gasteiger partial charge in [-0.25, -0.2) is 0 Å². The first kappa shape index (κ1) is 31.2. The van der Waals surface area contributed by atoms with Crippen molar-refractivity contribution in [2.75, 3.05) is 13.7 Å². The molecule has 3 atom stereocenters. The van der Waals surface area contributed by atoms with E-state index >= 15 is 0 Å². The zero-order chi connectivity index (χ0) is 28.1. The first-order chi connectivity index (χ1) is 16.3. The van der Waals surface area contributed by atoms with E-state index in [9.17, 15) is 19.2 Å². The van der Waals surface area contributed by atoms with E-state index in [1.165, 1.54) is 18.2 Å². The Kier molecular flexibility index (Phi) is 10.3. The molecule has 0 unspecified atom stereocenters. The van der Waals surface area contributed by atoms with Crippen LogP contribution < -0.4 is 5.73 Å². The first-order valence-electron chi connectivity index (χ1n) is 11.9. The van der Waals surface area contributed by atoms with E-state index in [4.69, 9.17) is 24.7 Å². The normalized spacial score (nSPS) is 16.9. The standard InChI is InChI=1S/C26H42N2O8/c1-24(2,3)21(30)34-15-17(33-10)18(35-22(31)25(4,5)6)20(36-23(32)26(7,8)9)28-13-11-12-16(14-28)19(27)29/h11,13-14,17-18,20H,12,15H2,1-10H3,(H2,27,29)/t17-,18-,20-/m1/s1. The van der Waals surface area contributed by atoms with E-state index in [2.05, 4.69) is 0 Å². The van der Waals surface area contributed by atoms with Gasteiger partial charge >= 0.3 is 17.9 Å². The number of nitrogens with zero attached hydrogens (tertiary/aromatic N) is 1. The van der Waals surface area contributed by atoms with Crippen LogP contribution in [0.1, 0.15) is 68.7 Å². The van der Waals surface area contributed by atoms with Crippen molar-refractivity contribution in [1.82, 2.24) is 4.90 Å². The molecule has 0 aromatic rings. The van der Waals surface area contributed by atoms with E-state index in [0.29, 0.717) is 0 Å². The summed E-state index contributed by atoms with van der Waals surface area (Å²) in [6.07, 6.45) is 1.48. The quantitative estimate of drug-likeness (QED) is 0.367. The predicted molar refractivity (Wildman–Crippen MR) is 133 cm³/mol. The zero-order valence-electron chi connectivity index (χ0n) is 23.2. The minimum Gasteiger partial charge on any atom is -0.462 e. The van der Waals surface area contributed by atoms with Gasteiger partial charge in [-0.05, 0) is 68.7 Å². The van der Waals surface area contributed by atoms with Gasteiger partial charge < -0.3 is 29.6 Å². The highest BCUT2D eigenvalue weighted by Gasteiger charge is 2.43. The molecule has 2 N–H and O–H groups in total. The van der Waals surface area contributed by atoms with Crippen molar-refractivity contribution in [2.24, 2.45) is 22.0 Å². The molecule has 1 heterocycles. The fourth-order valence-electron chi connectivity index (χ4n) is 2.77. The molecule has 0 saturated carbocycles. The Morgan fingerprint density at radius 2 is 1.39 bits per heavy atom. The maximum atomic E-state index is 13.0. The summed E-state index contributed by atoms with van der Waals surface area (Å²) in [4.78, 5) is 51.7. The Balaban J connectivity index is 3.56. The number of carbonyl (C=O) groups excluding carboxylic acids is 4. The van der Waals surface area contributed by atoms with Gasteiger partial charge in [0.05, 0.1) is 16.2 Å². The third-order valence-corrected chi connectivity index (χ3v) is 5.17. The van der Waals surface area contributed by atoms with Crippen molar-refractivity contribution >= 4 is 23.8 Å². The third kappa shape index (κ3) is 8.96. The van der Waals surface area contributed by atoms with Crippen LogP contribution in [0.4, 0.5) is 0 Å². The summed E-state index contributed by atoms with van der Waals surface area (Å²) in [5.41, 5.74) is 3.18. The summed E-state index contributed by atoms with van der Waals surface area (Å²) >= 11 is 0. The van der Waals surface area contributed by atoms with Gasteiger partial charge in [-0.15, -0.1) is 0 Å². The van der Waals surface area contributed by atoms with Crippen molar-refractivity contribution < 1.29 is 38.1 Å². The van der Waals surface area contributed by atoms with Crippen molar-refractivity contribution in [1.29, 1.82) is 0 Å². The van der Waals surface area contributed by atoms with Crippen LogP contribution in [0.15, 0.2) is 24.0 Å². The van der Waals surface area contributed by atoms with Crippen LogP contribution in [0, 0.1) is 16.2 Å². The van der Waals surface area contributed by atoms with Crippen molar-refractivity contribution in [3.05, 3.63) is 24.0 Å². The molecule has 0 radical (unpaired) electrons. The summed E-state index contributed by atoms with van der Waals surface area (Å²) < 4.78 is 22.8. The second kappa shape index (κ2) is 11.9. The third-order valence-electron chi connectivity index (χ3n) is 5.17. The molecule has 0 bridgehead atoms.